The number of imide groups is 1. The largest absolute Gasteiger partial charge is 0.462 e. The Labute approximate surface area is 239 Å². The van der Waals surface area contributed by atoms with E-state index in [1.54, 1.807) is 31.2 Å². The number of ether oxygens (including phenoxy) is 1. The molecule has 2 aliphatic rings. The molecule has 40 heavy (non-hydrogen) atoms. The lowest BCUT2D eigenvalue weighted by Gasteiger charge is -2.31. The van der Waals surface area contributed by atoms with Crippen molar-refractivity contribution in [2.75, 3.05) is 11.9 Å². The molecule has 2 unspecified atom stereocenters. The van der Waals surface area contributed by atoms with Crippen molar-refractivity contribution >= 4 is 52.5 Å². The van der Waals surface area contributed by atoms with Crippen LogP contribution in [0.15, 0.2) is 58.4 Å². The van der Waals surface area contributed by atoms with Gasteiger partial charge in [-0.05, 0) is 47.7 Å². The van der Waals surface area contributed by atoms with Crippen molar-refractivity contribution in [3.8, 4) is 0 Å². The predicted octanol–water partition coefficient (Wildman–Crippen LogP) is 3.90. The second-order valence-electron chi connectivity index (χ2n) is 10.7. The number of amides is 3. The van der Waals surface area contributed by atoms with Crippen LogP contribution in [0.4, 0.5) is 5.69 Å². The minimum atomic E-state index is -0.703. The summed E-state index contributed by atoms with van der Waals surface area (Å²) in [5, 5.41) is 5.03. The lowest BCUT2D eigenvalue weighted by atomic mass is 9.81. The summed E-state index contributed by atoms with van der Waals surface area (Å²) in [6.07, 6.45) is 0. The van der Waals surface area contributed by atoms with Crippen molar-refractivity contribution in [2.24, 2.45) is 5.92 Å². The molecule has 3 amide bonds. The topological polar surface area (TPSA) is 124 Å². The maximum Gasteiger partial charge on any atom is 0.338 e. The molecule has 3 atom stereocenters. The van der Waals surface area contributed by atoms with E-state index in [1.807, 2.05) is 24.3 Å². The lowest BCUT2D eigenvalue weighted by molar-refractivity contribution is -0.126. The zero-order valence-electron chi connectivity index (χ0n) is 22.5. The number of fused-ring (bicyclic) bond motifs is 2. The highest BCUT2D eigenvalue weighted by atomic mass is 32.2. The van der Waals surface area contributed by atoms with E-state index in [0.717, 1.165) is 34.2 Å². The molecule has 1 fully saturated rings. The molecule has 0 aliphatic carbocycles. The molecule has 0 radical (unpaired) electrons. The molecule has 0 bridgehead atoms. The first-order valence-corrected chi connectivity index (χ1v) is 14.6. The molecular formula is C29H29N3O6S2. The Bertz CT molecular complexity index is 1550. The molecule has 1 saturated heterocycles. The molecule has 3 heterocycles. The van der Waals surface area contributed by atoms with Gasteiger partial charge < -0.3 is 10.1 Å². The number of carbonyl (C=O) groups is 4. The van der Waals surface area contributed by atoms with Gasteiger partial charge in [-0.1, -0.05) is 68.1 Å². The molecule has 11 heteroatoms. The number of aromatic nitrogens is 1. The van der Waals surface area contributed by atoms with E-state index in [2.05, 4.69) is 31.4 Å². The summed E-state index contributed by atoms with van der Waals surface area (Å²) < 4.78 is 6.35. The summed E-state index contributed by atoms with van der Waals surface area (Å²) in [6, 6.07) is 14.2. The first-order chi connectivity index (χ1) is 19.0. The number of rotatable bonds is 6. The van der Waals surface area contributed by atoms with Gasteiger partial charge in [-0.3, -0.25) is 29.1 Å². The molecule has 0 spiro atoms. The molecule has 3 aromatic rings. The number of thioether (sulfide) groups is 1. The molecule has 0 saturated carbocycles. The minimum absolute atomic E-state index is 0.0595. The van der Waals surface area contributed by atoms with Crippen molar-refractivity contribution < 1.29 is 23.9 Å². The second kappa shape index (κ2) is 10.7. The third-order valence-corrected chi connectivity index (χ3v) is 9.62. The Morgan fingerprint density at radius 2 is 1.68 bits per heavy atom. The molecule has 2 aromatic carbocycles. The first kappa shape index (κ1) is 27.9. The third kappa shape index (κ3) is 5.23. The van der Waals surface area contributed by atoms with Crippen molar-refractivity contribution in [2.45, 2.75) is 55.8 Å². The zero-order chi connectivity index (χ0) is 28.8. The van der Waals surface area contributed by atoms with Crippen LogP contribution in [0.2, 0.25) is 0 Å². The maximum atomic E-state index is 13.2. The van der Waals surface area contributed by atoms with Gasteiger partial charge in [-0.15, -0.1) is 0 Å². The van der Waals surface area contributed by atoms with Crippen LogP contribution in [0.5, 0.6) is 0 Å². The SMILES string of the molecule is CCOC(=O)c1ccc(NC(=O)Cn2c3c(sc2=O)[C@@H](c2ccc(C(C)(C)C)cc2)C2C(=O)NC(=O)C2S3)cc1. The quantitative estimate of drug-likeness (QED) is 0.335. The predicted molar refractivity (Wildman–Crippen MR) is 153 cm³/mol. The number of esters is 1. The summed E-state index contributed by atoms with van der Waals surface area (Å²) in [5.74, 6) is -2.77. The monoisotopic (exact) mass is 579 g/mol. The smallest absolute Gasteiger partial charge is 0.338 e. The van der Waals surface area contributed by atoms with Gasteiger partial charge in [0.15, 0.2) is 0 Å². The minimum Gasteiger partial charge on any atom is -0.462 e. The molecule has 2 aliphatic heterocycles. The van der Waals surface area contributed by atoms with Gasteiger partial charge in [-0.25, -0.2) is 4.79 Å². The van der Waals surface area contributed by atoms with Crippen LogP contribution in [-0.2, 0) is 31.1 Å². The van der Waals surface area contributed by atoms with Gasteiger partial charge in [0.25, 0.3) is 0 Å². The highest BCUT2D eigenvalue weighted by Gasteiger charge is 2.52. The van der Waals surface area contributed by atoms with E-state index in [1.165, 1.54) is 4.57 Å². The number of thiazole rings is 1. The zero-order valence-corrected chi connectivity index (χ0v) is 24.1. The summed E-state index contributed by atoms with van der Waals surface area (Å²) >= 11 is 2.16. The van der Waals surface area contributed by atoms with Gasteiger partial charge in [-0.2, -0.15) is 0 Å². The number of nitrogens with zero attached hydrogens (tertiary/aromatic N) is 1. The Morgan fingerprint density at radius 3 is 2.30 bits per heavy atom. The van der Waals surface area contributed by atoms with E-state index >= 15 is 0 Å². The van der Waals surface area contributed by atoms with E-state index in [9.17, 15) is 24.0 Å². The van der Waals surface area contributed by atoms with Crippen LogP contribution in [0, 0.1) is 5.92 Å². The normalized spacial score (nSPS) is 19.9. The average molecular weight is 580 g/mol. The average Bonchev–Trinajstić information content (AvgIpc) is 3.37. The highest BCUT2D eigenvalue weighted by Crippen LogP contribution is 2.51. The number of hydrogen-bond donors (Lipinski definition) is 2. The first-order valence-electron chi connectivity index (χ1n) is 12.9. The van der Waals surface area contributed by atoms with Crippen molar-refractivity contribution in [3.63, 3.8) is 0 Å². The Hall–Kier alpha value is -3.70. The van der Waals surface area contributed by atoms with Gasteiger partial charge >= 0.3 is 10.8 Å². The van der Waals surface area contributed by atoms with Crippen molar-refractivity contribution in [1.82, 2.24) is 9.88 Å². The van der Waals surface area contributed by atoms with Crippen molar-refractivity contribution in [3.05, 3.63) is 79.8 Å². The molecule has 5 rings (SSSR count). The summed E-state index contributed by atoms with van der Waals surface area (Å²) in [4.78, 5) is 64.0. The van der Waals surface area contributed by atoms with E-state index in [4.69, 9.17) is 4.74 Å². The molecule has 1 aromatic heterocycles. The number of anilines is 1. The summed E-state index contributed by atoms with van der Waals surface area (Å²) in [6.45, 7) is 8.06. The fourth-order valence-electron chi connectivity index (χ4n) is 4.97. The van der Waals surface area contributed by atoms with Crippen LogP contribution >= 0.6 is 23.1 Å². The second-order valence-corrected chi connectivity index (χ2v) is 12.9. The van der Waals surface area contributed by atoms with Crippen LogP contribution < -0.4 is 15.5 Å². The van der Waals surface area contributed by atoms with Gasteiger partial charge in [0.1, 0.15) is 11.8 Å². The molecule has 2 N–H and O–H groups in total. The molecule has 208 valence electrons. The number of nitrogens with one attached hydrogen (secondary N) is 2. The van der Waals surface area contributed by atoms with Crippen LogP contribution in [0.1, 0.15) is 60.0 Å². The fourth-order valence-corrected chi connectivity index (χ4v) is 7.71. The highest BCUT2D eigenvalue weighted by molar-refractivity contribution is 8.00. The number of benzene rings is 2. The van der Waals surface area contributed by atoms with E-state index in [0.29, 0.717) is 21.2 Å². The number of carbonyl (C=O) groups excluding carboxylic acids is 4. The number of hydrogen-bond acceptors (Lipinski definition) is 8. The van der Waals surface area contributed by atoms with E-state index < -0.39 is 34.9 Å². The standard InChI is InChI=1S/C29H29N3O6S2/c1-5-38-27(36)16-8-12-18(13-9-16)30-19(33)14-32-26-23(40-28(32)37)20(21-22(39-26)25(35)31-24(21)34)15-6-10-17(11-7-15)29(2,3)4/h6-13,20-22H,5,14H2,1-4H3,(H,30,33)(H,31,34,35)/t20-,21?,22?/m0/s1. The lowest BCUT2D eigenvalue weighted by Crippen LogP contribution is -2.32. The molecule has 9 nitrogen and oxygen atoms in total. The fraction of sp³-hybridized carbons (Fsp3) is 0.345. The molecular weight excluding hydrogens is 550 g/mol. The van der Waals surface area contributed by atoms with Crippen molar-refractivity contribution in [1.29, 1.82) is 0 Å². The van der Waals surface area contributed by atoms with Crippen LogP contribution in [-0.4, -0.2) is 40.1 Å². The van der Waals surface area contributed by atoms with Gasteiger partial charge in [0, 0.05) is 16.5 Å². The summed E-state index contributed by atoms with van der Waals surface area (Å²) in [7, 11) is 0. The maximum absolute atomic E-state index is 13.2. The summed E-state index contributed by atoms with van der Waals surface area (Å²) in [5.41, 5.74) is 2.73. The van der Waals surface area contributed by atoms with Gasteiger partial charge in [0.05, 0.1) is 23.1 Å². The Balaban J connectivity index is 1.44. The third-order valence-electron chi connectivity index (χ3n) is 7.00. The van der Waals surface area contributed by atoms with Crippen LogP contribution in [0.25, 0.3) is 0 Å². The Kier molecular flexibility index (Phi) is 7.45. The van der Waals surface area contributed by atoms with E-state index in [-0.39, 0.29) is 29.3 Å². The van der Waals surface area contributed by atoms with Gasteiger partial charge in [0.2, 0.25) is 17.7 Å². The van der Waals surface area contributed by atoms with Crippen LogP contribution in [0.3, 0.4) is 0 Å². The Morgan fingerprint density at radius 1 is 1.00 bits per heavy atom.